The lowest BCUT2D eigenvalue weighted by Crippen LogP contribution is -2.12. The molecule has 4 heteroatoms. The first-order valence-electron chi connectivity index (χ1n) is 3.83. The van der Waals surface area contributed by atoms with Crippen molar-refractivity contribution in [2.45, 2.75) is 0 Å². The van der Waals surface area contributed by atoms with Crippen LogP contribution in [-0.4, -0.2) is 30.4 Å². The zero-order valence-corrected chi connectivity index (χ0v) is 7.61. The zero-order valence-electron chi connectivity index (χ0n) is 7.61. The molecule has 0 spiro atoms. The minimum Gasteiger partial charge on any atom is -0.376 e. The number of hydrogen-bond donors (Lipinski definition) is 0. The molecule has 0 amide bonds. The normalized spacial score (nSPS) is 10.0. The smallest absolute Gasteiger partial charge is 0.204 e. The highest BCUT2D eigenvalue weighted by Crippen LogP contribution is 2.05. The van der Waals surface area contributed by atoms with E-state index in [9.17, 15) is 9.59 Å². The van der Waals surface area contributed by atoms with E-state index in [1.165, 1.54) is 7.11 Å². The van der Waals surface area contributed by atoms with E-state index < -0.39 is 0 Å². The fourth-order valence-electron chi connectivity index (χ4n) is 1.13. The number of carbonyl (C=O) groups excluding carboxylic acids is 2. The van der Waals surface area contributed by atoms with Crippen LogP contribution in [0, 0.1) is 0 Å². The van der Waals surface area contributed by atoms with Crippen LogP contribution in [-0.2, 0) is 11.8 Å². The fraction of sp³-hybridized carbons (Fsp3) is 0.333. The molecule has 0 fully saturated rings. The molecule has 0 aliphatic carbocycles. The summed E-state index contributed by atoms with van der Waals surface area (Å²) in [6.45, 7) is 0.0378. The lowest BCUT2D eigenvalue weighted by atomic mass is 10.3. The van der Waals surface area contributed by atoms with E-state index in [0.29, 0.717) is 17.7 Å². The highest BCUT2D eigenvalue weighted by Gasteiger charge is 2.11. The summed E-state index contributed by atoms with van der Waals surface area (Å²) in [7, 11) is 3.13. The molecule has 0 unspecified atom stereocenters. The van der Waals surface area contributed by atoms with Crippen LogP contribution in [0.1, 0.15) is 21.0 Å². The zero-order chi connectivity index (χ0) is 9.84. The topological polar surface area (TPSA) is 48.3 Å². The van der Waals surface area contributed by atoms with E-state index in [-0.39, 0.29) is 12.4 Å². The number of aldehydes is 1. The summed E-state index contributed by atoms with van der Waals surface area (Å²) in [5, 5.41) is 0. The van der Waals surface area contributed by atoms with E-state index in [0.717, 1.165) is 0 Å². The summed E-state index contributed by atoms with van der Waals surface area (Å²) in [5.41, 5.74) is 0.975. The van der Waals surface area contributed by atoms with Gasteiger partial charge in [0.25, 0.3) is 0 Å². The van der Waals surface area contributed by atoms with Gasteiger partial charge in [0.05, 0.1) is 11.4 Å². The Kier molecular flexibility index (Phi) is 2.97. The van der Waals surface area contributed by atoms with Crippen molar-refractivity contribution in [2.24, 2.45) is 7.05 Å². The first kappa shape index (κ1) is 9.67. The average molecular weight is 181 g/mol. The van der Waals surface area contributed by atoms with Crippen LogP contribution in [0.25, 0.3) is 0 Å². The number of ketones is 1. The van der Waals surface area contributed by atoms with Crippen molar-refractivity contribution in [1.82, 2.24) is 4.57 Å². The number of aromatic nitrogens is 1. The highest BCUT2D eigenvalue weighted by molar-refractivity contribution is 5.96. The largest absolute Gasteiger partial charge is 0.376 e. The van der Waals surface area contributed by atoms with Gasteiger partial charge in [-0.15, -0.1) is 0 Å². The molecule has 1 aromatic heterocycles. The first-order chi connectivity index (χ1) is 6.20. The molecule has 1 heterocycles. The minimum atomic E-state index is -0.127. The Morgan fingerprint density at radius 1 is 1.62 bits per heavy atom. The average Bonchev–Trinajstić information content (AvgIpc) is 2.47. The molecule has 0 radical (unpaired) electrons. The fourth-order valence-corrected chi connectivity index (χ4v) is 1.13. The highest BCUT2D eigenvalue weighted by atomic mass is 16.5. The minimum absolute atomic E-state index is 0.0378. The third-order valence-electron chi connectivity index (χ3n) is 1.84. The van der Waals surface area contributed by atoms with Crippen molar-refractivity contribution in [3.05, 3.63) is 23.5 Å². The van der Waals surface area contributed by atoms with Crippen LogP contribution in [0.2, 0.25) is 0 Å². The summed E-state index contributed by atoms with van der Waals surface area (Å²) < 4.78 is 6.25. The number of methoxy groups -OCH3 is 1. The molecule has 0 N–H and O–H groups in total. The van der Waals surface area contributed by atoms with E-state index in [1.54, 1.807) is 23.7 Å². The Morgan fingerprint density at radius 2 is 2.31 bits per heavy atom. The van der Waals surface area contributed by atoms with Crippen molar-refractivity contribution in [1.29, 1.82) is 0 Å². The lowest BCUT2D eigenvalue weighted by molar-refractivity contribution is 0.0839. The lowest BCUT2D eigenvalue weighted by Gasteiger charge is -2.02. The van der Waals surface area contributed by atoms with Gasteiger partial charge >= 0.3 is 0 Å². The quantitative estimate of drug-likeness (QED) is 0.506. The maximum Gasteiger partial charge on any atom is 0.204 e. The maximum absolute atomic E-state index is 11.3. The van der Waals surface area contributed by atoms with Gasteiger partial charge in [0.15, 0.2) is 6.29 Å². The van der Waals surface area contributed by atoms with Gasteiger partial charge in [-0.1, -0.05) is 0 Å². The summed E-state index contributed by atoms with van der Waals surface area (Å²) in [6.07, 6.45) is 0.712. The molecule has 0 aliphatic heterocycles. The first-order valence-corrected chi connectivity index (χ1v) is 3.83. The van der Waals surface area contributed by atoms with Crippen LogP contribution in [0.15, 0.2) is 12.1 Å². The summed E-state index contributed by atoms with van der Waals surface area (Å²) in [5.74, 6) is -0.127. The maximum atomic E-state index is 11.3. The monoisotopic (exact) mass is 181 g/mol. The summed E-state index contributed by atoms with van der Waals surface area (Å²) in [6, 6.07) is 3.22. The number of nitrogens with zero attached hydrogens (tertiary/aromatic N) is 1. The van der Waals surface area contributed by atoms with Crippen LogP contribution in [0.5, 0.6) is 0 Å². The van der Waals surface area contributed by atoms with Gasteiger partial charge in [0.2, 0.25) is 5.78 Å². The molecule has 0 saturated heterocycles. The number of Topliss-reactive ketones (excluding diaryl/α,β-unsaturated/α-hetero) is 1. The molecule has 4 nitrogen and oxygen atoms in total. The standard InChI is InChI=1S/C9H11NO3/c1-10-7(5-11)3-4-8(10)9(12)6-13-2/h3-5H,6H2,1-2H3. The Morgan fingerprint density at radius 3 is 2.77 bits per heavy atom. The van der Waals surface area contributed by atoms with Crippen molar-refractivity contribution >= 4 is 12.1 Å². The Balaban J connectivity index is 2.95. The van der Waals surface area contributed by atoms with Crippen LogP contribution >= 0.6 is 0 Å². The number of ether oxygens (including phenoxy) is 1. The van der Waals surface area contributed by atoms with Crippen LogP contribution in [0.4, 0.5) is 0 Å². The van der Waals surface area contributed by atoms with E-state index in [4.69, 9.17) is 4.74 Å². The molecule has 1 rings (SSSR count). The Hall–Kier alpha value is -1.42. The molecular formula is C9H11NO3. The molecule has 0 aromatic carbocycles. The van der Waals surface area contributed by atoms with Gasteiger partial charge in [-0.2, -0.15) is 0 Å². The third kappa shape index (κ3) is 1.84. The van der Waals surface area contributed by atoms with E-state index in [1.807, 2.05) is 0 Å². The molecule has 1 aromatic rings. The summed E-state index contributed by atoms with van der Waals surface area (Å²) in [4.78, 5) is 21.8. The van der Waals surface area contributed by atoms with Gasteiger partial charge in [0, 0.05) is 14.2 Å². The SMILES string of the molecule is COCC(=O)c1ccc(C=O)n1C. The second-order valence-electron chi connectivity index (χ2n) is 2.68. The molecule has 0 atom stereocenters. The second-order valence-corrected chi connectivity index (χ2v) is 2.68. The van der Waals surface area contributed by atoms with Gasteiger partial charge < -0.3 is 9.30 Å². The predicted molar refractivity (Wildman–Crippen MR) is 47.0 cm³/mol. The molecular weight excluding hydrogens is 170 g/mol. The van der Waals surface area contributed by atoms with Crippen LogP contribution in [0.3, 0.4) is 0 Å². The van der Waals surface area contributed by atoms with Crippen molar-refractivity contribution in [2.75, 3.05) is 13.7 Å². The number of rotatable bonds is 4. The molecule has 0 aliphatic rings. The van der Waals surface area contributed by atoms with E-state index >= 15 is 0 Å². The van der Waals surface area contributed by atoms with E-state index in [2.05, 4.69) is 0 Å². The third-order valence-corrected chi connectivity index (χ3v) is 1.84. The van der Waals surface area contributed by atoms with Crippen molar-refractivity contribution in [3.63, 3.8) is 0 Å². The van der Waals surface area contributed by atoms with Crippen molar-refractivity contribution < 1.29 is 14.3 Å². The summed E-state index contributed by atoms with van der Waals surface area (Å²) >= 11 is 0. The van der Waals surface area contributed by atoms with Gasteiger partial charge in [0.1, 0.15) is 6.61 Å². The molecule has 13 heavy (non-hydrogen) atoms. The Bertz CT molecular complexity index is 328. The molecule has 0 saturated carbocycles. The molecule has 70 valence electrons. The Labute approximate surface area is 76.1 Å². The number of hydrogen-bond acceptors (Lipinski definition) is 3. The van der Waals surface area contributed by atoms with Crippen molar-refractivity contribution in [3.8, 4) is 0 Å². The van der Waals surface area contributed by atoms with Crippen LogP contribution < -0.4 is 0 Å². The molecule has 0 bridgehead atoms. The number of carbonyl (C=O) groups is 2. The van der Waals surface area contributed by atoms with Gasteiger partial charge in [-0.05, 0) is 12.1 Å². The second kappa shape index (κ2) is 4.00. The van der Waals surface area contributed by atoms with Gasteiger partial charge in [-0.3, -0.25) is 9.59 Å². The predicted octanol–water partition coefficient (Wildman–Crippen LogP) is 0.667. The van der Waals surface area contributed by atoms with Gasteiger partial charge in [-0.25, -0.2) is 0 Å².